The van der Waals surface area contributed by atoms with Gasteiger partial charge >= 0.3 is 0 Å². The molecule has 1 amide bonds. The first-order chi connectivity index (χ1) is 12.1. The fourth-order valence-corrected chi connectivity index (χ4v) is 3.03. The van der Waals surface area contributed by atoms with E-state index < -0.39 is 0 Å². The van der Waals surface area contributed by atoms with E-state index in [0.717, 1.165) is 15.9 Å². The Kier molecular flexibility index (Phi) is 5.28. The summed E-state index contributed by atoms with van der Waals surface area (Å²) in [5, 5.41) is 7.19. The van der Waals surface area contributed by atoms with Crippen LogP contribution >= 0.6 is 15.9 Å². The van der Waals surface area contributed by atoms with Crippen LogP contribution < -0.4 is 5.32 Å². The SMILES string of the molecule is CCc1c(C(=O)NCc2cc(F)ccc2Br)cnn1-c1ccccc1. The Bertz CT molecular complexity index is 893. The molecule has 0 radical (unpaired) electrons. The van der Waals surface area contributed by atoms with E-state index in [0.29, 0.717) is 17.5 Å². The Balaban J connectivity index is 1.81. The van der Waals surface area contributed by atoms with Gasteiger partial charge in [-0.2, -0.15) is 5.10 Å². The van der Waals surface area contributed by atoms with Gasteiger partial charge in [-0.25, -0.2) is 9.07 Å². The van der Waals surface area contributed by atoms with Gasteiger partial charge in [0.15, 0.2) is 0 Å². The maximum Gasteiger partial charge on any atom is 0.255 e. The number of nitrogens with one attached hydrogen (secondary N) is 1. The van der Waals surface area contributed by atoms with Crippen LogP contribution in [0, 0.1) is 5.82 Å². The van der Waals surface area contributed by atoms with Crippen molar-refractivity contribution in [3.8, 4) is 5.69 Å². The molecule has 0 fully saturated rings. The number of aromatic nitrogens is 2. The molecule has 25 heavy (non-hydrogen) atoms. The van der Waals surface area contributed by atoms with Gasteiger partial charge in [0, 0.05) is 11.0 Å². The fraction of sp³-hybridized carbons (Fsp3) is 0.158. The van der Waals surface area contributed by atoms with E-state index in [1.54, 1.807) is 16.9 Å². The smallest absolute Gasteiger partial charge is 0.255 e. The molecule has 0 bridgehead atoms. The van der Waals surface area contributed by atoms with E-state index in [1.165, 1.54) is 12.1 Å². The normalized spacial score (nSPS) is 10.7. The lowest BCUT2D eigenvalue weighted by atomic mass is 10.1. The summed E-state index contributed by atoms with van der Waals surface area (Å²) in [6.07, 6.45) is 2.24. The summed E-state index contributed by atoms with van der Waals surface area (Å²) in [4.78, 5) is 12.6. The molecular weight excluding hydrogens is 385 g/mol. The molecule has 1 heterocycles. The average Bonchev–Trinajstić information content (AvgIpc) is 3.07. The molecule has 6 heteroatoms. The van der Waals surface area contributed by atoms with Crippen molar-refractivity contribution in [1.29, 1.82) is 0 Å². The van der Waals surface area contributed by atoms with Crippen molar-refractivity contribution < 1.29 is 9.18 Å². The standard InChI is InChI=1S/C19H17BrFN3O/c1-2-18-16(12-23-24(18)15-6-4-3-5-7-15)19(25)22-11-13-10-14(21)8-9-17(13)20/h3-10,12H,2,11H2,1H3,(H,22,25). The zero-order valence-electron chi connectivity index (χ0n) is 13.7. The molecule has 128 valence electrons. The molecule has 1 N–H and O–H groups in total. The highest BCUT2D eigenvalue weighted by Gasteiger charge is 2.17. The minimum absolute atomic E-state index is 0.227. The Morgan fingerprint density at radius 1 is 1.24 bits per heavy atom. The largest absolute Gasteiger partial charge is 0.348 e. The summed E-state index contributed by atoms with van der Waals surface area (Å²) in [5.74, 6) is -0.561. The molecule has 0 atom stereocenters. The van der Waals surface area contributed by atoms with Crippen LogP contribution in [0.3, 0.4) is 0 Å². The van der Waals surface area contributed by atoms with E-state index >= 15 is 0 Å². The number of hydrogen-bond donors (Lipinski definition) is 1. The Morgan fingerprint density at radius 3 is 2.72 bits per heavy atom. The van der Waals surface area contributed by atoms with E-state index in [9.17, 15) is 9.18 Å². The Morgan fingerprint density at radius 2 is 2.00 bits per heavy atom. The predicted octanol–water partition coefficient (Wildman–Crippen LogP) is 4.27. The van der Waals surface area contributed by atoms with Crippen molar-refractivity contribution in [2.45, 2.75) is 19.9 Å². The number of para-hydroxylation sites is 1. The molecule has 0 aliphatic heterocycles. The lowest BCUT2D eigenvalue weighted by Crippen LogP contribution is -2.24. The van der Waals surface area contributed by atoms with Crippen LogP contribution in [0.5, 0.6) is 0 Å². The van der Waals surface area contributed by atoms with Gasteiger partial charge in [0.2, 0.25) is 0 Å². The molecule has 0 aliphatic rings. The maximum atomic E-state index is 13.4. The van der Waals surface area contributed by atoms with Crippen LogP contribution in [-0.2, 0) is 13.0 Å². The van der Waals surface area contributed by atoms with Crippen LogP contribution in [-0.4, -0.2) is 15.7 Å². The third-order valence-corrected chi connectivity index (χ3v) is 4.67. The first-order valence-corrected chi connectivity index (χ1v) is 8.74. The van der Waals surface area contributed by atoms with Gasteiger partial charge in [0.25, 0.3) is 5.91 Å². The summed E-state index contributed by atoms with van der Waals surface area (Å²) >= 11 is 3.37. The number of halogens is 2. The molecule has 0 unspecified atom stereocenters. The van der Waals surface area contributed by atoms with Gasteiger partial charge in [-0.3, -0.25) is 4.79 Å². The molecule has 4 nitrogen and oxygen atoms in total. The van der Waals surface area contributed by atoms with Crippen molar-refractivity contribution in [1.82, 2.24) is 15.1 Å². The second-order valence-corrected chi connectivity index (χ2v) is 6.38. The molecule has 0 saturated carbocycles. The summed E-state index contributed by atoms with van der Waals surface area (Å²) in [6.45, 7) is 2.22. The topological polar surface area (TPSA) is 46.9 Å². The van der Waals surface area contributed by atoms with E-state index in [-0.39, 0.29) is 18.3 Å². The number of hydrogen-bond acceptors (Lipinski definition) is 2. The third kappa shape index (κ3) is 3.79. The van der Waals surface area contributed by atoms with Crippen LogP contribution in [0.25, 0.3) is 5.69 Å². The third-order valence-electron chi connectivity index (χ3n) is 3.90. The molecule has 2 aromatic carbocycles. The number of benzene rings is 2. The minimum atomic E-state index is -0.335. The maximum absolute atomic E-state index is 13.4. The van der Waals surface area contributed by atoms with Gasteiger partial charge in [-0.1, -0.05) is 41.1 Å². The number of carbonyl (C=O) groups excluding carboxylic acids is 1. The number of rotatable bonds is 5. The number of amides is 1. The van der Waals surface area contributed by atoms with Crippen LogP contribution in [0.2, 0.25) is 0 Å². The van der Waals surface area contributed by atoms with Crippen LogP contribution in [0.4, 0.5) is 4.39 Å². The summed E-state index contributed by atoms with van der Waals surface area (Å²) < 4.78 is 15.9. The first-order valence-electron chi connectivity index (χ1n) is 7.94. The quantitative estimate of drug-likeness (QED) is 0.693. The van der Waals surface area contributed by atoms with Crippen molar-refractivity contribution in [2.24, 2.45) is 0 Å². The highest BCUT2D eigenvalue weighted by molar-refractivity contribution is 9.10. The molecular formula is C19H17BrFN3O. The minimum Gasteiger partial charge on any atom is -0.348 e. The van der Waals surface area contributed by atoms with Crippen LogP contribution in [0.1, 0.15) is 28.5 Å². The lowest BCUT2D eigenvalue weighted by Gasteiger charge is -2.09. The zero-order chi connectivity index (χ0) is 17.8. The first kappa shape index (κ1) is 17.4. The summed E-state index contributed by atoms with van der Waals surface area (Å²) in [6, 6.07) is 14.1. The monoisotopic (exact) mass is 401 g/mol. The summed E-state index contributed by atoms with van der Waals surface area (Å²) in [5.41, 5.74) is 2.95. The van der Waals surface area contributed by atoms with Crippen LogP contribution in [0.15, 0.2) is 59.2 Å². The van der Waals surface area contributed by atoms with Crippen molar-refractivity contribution in [2.75, 3.05) is 0 Å². The number of carbonyl (C=O) groups is 1. The molecule has 0 saturated heterocycles. The molecule has 3 aromatic rings. The fourth-order valence-electron chi connectivity index (χ4n) is 2.64. The van der Waals surface area contributed by atoms with Gasteiger partial charge in [0.05, 0.1) is 23.1 Å². The average molecular weight is 402 g/mol. The van der Waals surface area contributed by atoms with Gasteiger partial charge < -0.3 is 5.32 Å². The van der Waals surface area contributed by atoms with Gasteiger partial charge in [-0.15, -0.1) is 0 Å². The molecule has 0 spiro atoms. The van der Waals surface area contributed by atoms with Crippen molar-refractivity contribution in [3.63, 3.8) is 0 Å². The van der Waals surface area contributed by atoms with Gasteiger partial charge in [0.1, 0.15) is 5.82 Å². The highest BCUT2D eigenvalue weighted by Crippen LogP contribution is 2.19. The lowest BCUT2D eigenvalue weighted by molar-refractivity contribution is 0.0950. The van der Waals surface area contributed by atoms with Crippen molar-refractivity contribution >= 4 is 21.8 Å². The van der Waals surface area contributed by atoms with Crippen molar-refractivity contribution in [3.05, 3.63) is 81.8 Å². The summed E-state index contributed by atoms with van der Waals surface area (Å²) in [7, 11) is 0. The van der Waals surface area contributed by atoms with Gasteiger partial charge in [-0.05, 0) is 42.3 Å². The second-order valence-electron chi connectivity index (χ2n) is 5.52. The van der Waals surface area contributed by atoms with E-state index in [1.807, 2.05) is 37.3 Å². The molecule has 3 rings (SSSR count). The highest BCUT2D eigenvalue weighted by atomic mass is 79.9. The van der Waals surface area contributed by atoms with E-state index in [4.69, 9.17) is 0 Å². The molecule has 0 aliphatic carbocycles. The Hall–Kier alpha value is -2.47. The second kappa shape index (κ2) is 7.61. The van der Waals surface area contributed by atoms with E-state index in [2.05, 4.69) is 26.3 Å². The number of nitrogens with zero attached hydrogens (tertiary/aromatic N) is 2. The predicted molar refractivity (Wildman–Crippen MR) is 98.2 cm³/mol. The molecule has 1 aromatic heterocycles. The Labute approximate surface area is 153 Å². The zero-order valence-corrected chi connectivity index (χ0v) is 15.3.